The fraction of sp³-hybridized carbons (Fsp3) is 0.300. The number of hydrogen-bond donors (Lipinski definition) is 5. The molecule has 0 atom stereocenters. The zero-order chi connectivity index (χ0) is 46.7. The highest BCUT2D eigenvalue weighted by Crippen LogP contribution is 2.39. The number of hydrogen-bond acceptors (Lipinski definition) is 16. The fourth-order valence-corrected chi connectivity index (χ4v) is 7.13. The summed E-state index contributed by atoms with van der Waals surface area (Å²) in [5.41, 5.74) is 2.19. The maximum Gasteiger partial charge on any atom is 0.422 e. The summed E-state index contributed by atoms with van der Waals surface area (Å²) >= 11 is 0. The lowest BCUT2D eigenvalue weighted by Crippen LogP contribution is -2.20. The number of benzene rings is 4. The van der Waals surface area contributed by atoms with Crippen molar-refractivity contribution in [2.75, 3.05) is 71.7 Å². The molecule has 5 N–H and O–H groups in total. The molecule has 2 aromatic heterocycles. The third-order valence-corrected chi connectivity index (χ3v) is 11.3. The summed E-state index contributed by atoms with van der Waals surface area (Å²) < 4.78 is 112. The number of methoxy groups -OCH3 is 3. The molecule has 340 valence electrons. The zero-order valence-corrected chi connectivity index (χ0v) is 37.4. The van der Waals surface area contributed by atoms with Crippen LogP contribution in [0.2, 0.25) is 0 Å². The van der Waals surface area contributed by atoms with E-state index in [1.54, 1.807) is 44.6 Å². The lowest BCUT2D eigenvalue weighted by Gasteiger charge is -2.20. The van der Waals surface area contributed by atoms with E-state index in [1.165, 1.54) is 46.1 Å². The Hall–Kier alpha value is -6.43. The standard InChI is InChI=1S/C19H23N5O4S.C18H17F3N4O5S.C3H8/c1-20-29(25,26)13-6-7-16(24(2)3)14(10-13)23-19-18-15(21-11-22-19)8-12(27-4)9-17(18)28-5;1-22-31(27,28)11-3-4-14(30-8-18(19,20)21)12(7-11)25-17-16-13(23-9-24-17)5-10(26)6-15(16)29-2;1-3-2/h6-11,20H,1-5H3,(H,21,22,23);3-7,9,22,26H,8H2,1-2H3,(H,23,24,25);3H2,1-2H3. The Morgan fingerprint density at radius 3 is 1.65 bits per heavy atom. The molecule has 23 heteroatoms. The molecule has 6 aromatic rings. The molecule has 0 aliphatic rings. The van der Waals surface area contributed by atoms with Crippen LogP contribution in [0.4, 0.5) is 41.9 Å². The summed E-state index contributed by atoms with van der Waals surface area (Å²) in [7, 11) is 3.29. The number of sulfonamides is 2. The number of phenolic OH excluding ortho intramolecular Hbond substituents is 1. The summed E-state index contributed by atoms with van der Waals surface area (Å²) in [5, 5.41) is 16.8. The molecule has 0 unspecified atom stereocenters. The highest BCUT2D eigenvalue weighted by Gasteiger charge is 2.29. The second-order valence-corrected chi connectivity index (χ2v) is 17.0. The number of halogens is 3. The van der Waals surface area contributed by atoms with Crippen molar-refractivity contribution in [2.24, 2.45) is 0 Å². The van der Waals surface area contributed by atoms with Crippen LogP contribution in [-0.2, 0) is 20.0 Å². The van der Waals surface area contributed by atoms with Crippen LogP contribution < -0.4 is 43.9 Å². The first-order valence-electron chi connectivity index (χ1n) is 18.7. The fourth-order valence-electron chi connectivity index (χ4n) is 5.62. The number of fused-ring (bicyclic) bond motifs is 2. The van der Waals surface area contributed by atoms with Crippen molar-refractivity contribution < 1.29 is 54.1 Å². The Morgan fingerprint density at radius 1 is 0.667 bits per heavy atom. The quantitative estimate of drug-likeness (QED) is 0.0764. The van der Waals surface area contributed by atoms with E-state index < -0.39 is 32.8 Å². The van der Waals surface area contributed by atoms with E-state index in [-0.39, 0.29) is 44.1 Å². The van der Waals surface area contributed by atoms with Crippen molar-refractivity contribution in [3.05, 3.63) is 73.3 Å². The number of phenols is 1. The van der Waals surface area contributed by atoms with Gasteiger partial charge in [-0.2, -0.15) is 13.2 Å². The number of nitrogens with zero attached hydrogens (tertiary/aromatic N) is 5. The predicted molar refractivity (Wildman–Crippen MR) is 234 cm³/mol. The molecular weight excluding hydrogens is 872 g/mol. The minimum Gasteiger partial charge on any atom is -0.508 e. The first-order chi connectivity index (χ1) is 29.8. The van der Waals surface area contributed by atoms with Crippen LogP contribution in [0.5, 0.6) is 28.7 Å². The molecule has 0 aliphatic heterocycles. The van der Waals surface area contributed by atoms with Crippen LogP contribution in [0.1, 0.15) is 20.3 Å². The smallest absolute Gasteiger partial charge is 0.422 e. The maximum atomic E-state index is 12.7. The number of aromatic nitrogens is 4. The molecule has 0 bridgehead atoms. The molecule has 0 spiro atoms. The monoisotopic (exact) mass is 919 g/mol. The Bertz CT molecular complexity index is 2760. The minimum absolute atomic E-state index is 0.0873. The van der Waals surface area contributed by atoms with E-state index in [9.17, 15) is 35.1 Å². The van der Waals surface area contributed by atoms with Crippen LogP contribution >= 0.6 is 0 Å². The van der Waals surface area contributed by atoms with Gasteiger partial charge in [-0.15, -0.1) is 0 Å². The number of nitrogens with one attached hydrogen (secondary N) is 4. The SMILES string of the molecule is CCC.CNS(=O)(=O)c1ccc(N(C)C)c(Nc2ncnc3cc(OC)cc(OC)c23)c1.CNS(=O)(=O)c1ccc(OCC(F)(F)F)c(Nc2ncnc3cc(O)cc(OC)c23)c1. The van der Waals surface area contributed by atoms with Gasteiger partial charge in [-0.05, 0) is 50.5 Å². The Labute approximate surface area is 362 Å². The highest BCUT2D eigenvalue weighted by atomic mass is 32.2. The van der Waals surface area contributed by atoms with Gasteiger partial charge in [0.15, 0.2) is 6.61 Å². The first-order valence-corrected chi connectivity index (χ1v) is 21.7. The number of aromatic hydroxyl groups is 1. The van der Waals surface area contributed by atoms with Crippen molar-refractivity contribution in [3.63, 3.8) is 0 Å². The molecule has 0 aliphatic carbocycles. The van der Waals surface area contributed by atoms with Crippen LogP contribution in [0, 0.1) is 0 Å². The normalized spacial score (nSPS) is 11.4. The van der Waals surface area contributed by atoms with Crippen LogP contribution in [-0.4, -0.2) is 104 Å². The summed E-state index contributed by atoms with van der Waals surface area (Å²) in [4.78, 5) is 18.6. The number of ether oxygens (including phenoxy) is 4. The molecule has 63 heavy (non-hydrogen) atoms. The van der Waals surface area contributed by atoms with E-state index >= 15 is 0 Å². The molecule has 18 nitrogen and oxygen atoms in total. The van der Waals surface area contributed by atoms with E-state index in [1.807, 2.05) is 19.0 Å². The minimum atomic E-state index is -4.60. The van der Waals surface area contributed by atoms with Crippen molar-refractivity contribution in [3.8, 4) is 28.7 Å². The molecule has 4 aromatic carbocycles. The second-order valence-electron chi connectivity index (χ2n) is 13.2. The largest absolute Gasteiger partial charge is 0.508 e. The molecule has 6 rings (SSSR count). The number of alkyl halides is 3. The van der Waals surface area contributed by atoms with Gasteiger partial charge in [-0.1, -0.05) is 20.3 Å². The van der Waals surface area contributed by atoms with Crippen molar-refractivity contribution in [1.82, 2.24) is 29.4 Å². The van der Waals surface area contributed by atoms with Crippen molar-refractivity contribution in [1.29, 1.82) is 0 Å². The summed E-state index contributed by atoms with van der Waals surface area (Å²) in [5.74, 6) is 1.54. The van der Waals surface area contributed by atoms with Gasteiger partial charge < -0.3 is 39.6 Å². The lowest BCUT2D eigenvalue weighted by molar-refractivity contribution is -0.153. The Morgan fingerprint density at radius 2 is 1.16 bits per heavy atom. The van der Waals surface area contributed by atoms with Crippen LogP contribution in [0.15, 0.2) is 83.1 Å². The second kappa shape index (κ2) is 21.1. The molecule has 0 fully saturated rings. The molecule has 0 radical (unpaired) electrons. The van der Waals surface area contributed by atoms with Gasteiger partial charge in [-0.3, -0.25) is 0 Å². The van der Waals surface area contributed by atoms with E-state index in [0.717, 1.165) is 30.2 Å². The van der Waals surface area contributed by atoms with Gasteiger partial charge in [0.25, 0.3) is 0 Å². The van der Waals surface area contributed by atoms with Gasteiger partial charge in [0.1, 0.15) is 53.0 Å². The predicted octanol–water partition coefficient (Wildman–Crippen LogP) is 6.72. The number of anilines is 5. The third kappa shape index (κ3) is 12.4. The average Bonchev–Trinajstić information content (AvgIpc) is 3.25. The van der Waals surface area contributed by atoms with Gasteiger partial charge in [0, 0.05) is 38.4 Å². The van der Waals surface area contributed by atoms with Gasteiger partial charge >= 0.3 is 6.18 Å². The topological polar surface area (TPSA) is 228 Å². The van der Waals surface area contributed by atoms with Gasteiger partial charge in [-0.25, -0.2) is 46.2 Å². The van der Waals surface area contributed by atoms with Crippen molar-refractivity contribution in [2.45, 2.75) is 36.2 Å². The van der Waals surface area contributed by atoms with E-state index in [2.05, 4.69) is 53.9 Å². The van der Waals surface area contributed by atoms with E-state index in [0.29, 0.717) is 39.3 Å². The Kier molecular flexibility index (Phi) is 16.5. The summed E-state index contributed by atoms with van der Waals surface area (Å²) in [6.07, 6.45) is -0.767. The first kappa shape index (κ1) is 49.2. The number of rotatable bonds is 14. The van der Waals surface area contributed by atoms with Crippen LogP contribution in [0.3, 0.4) is 0 Å². The summed E-state index contributed by atoms with van der Waals surface area (Å²) in [6, 6.07) is 14.3. The van der Waals surface area contributed by atoms with Gasteiger partial charge in [0.2, 0.25) is 20.0 Å². The van der Waals surface area contributed by atoms with E-state index in [4.69, 9.17) is 18.9 Å². The molecule has 2 heterocycles. The van der Waals surface area contributed by atoms with Gasteiger partial charge in [0.05, 0.1) is 70.0 Å². The maximum absolute atomic E-state index is 12.7. The molecule has 0 saturated heterocycles. The Balaban J connectivity index is 0.000000261. The summed E-state index contributed by atoms with van der Waals surface area (Å²) in [6.45, 7) is 2.67. The average molecular weight is 920 g/mol. The lowest BCUT2D eigenvalue weighted by atomic mass is 10.2. The molecule has 0 amide bonds. The third-order valence-electron chi connectivity index (χ3n) is 8.49. The van der Waals surface area contributed by atoms with Crippen LogP contribution in [0.25, 0.3) is 21.8 Å². The van der Waals surface area contributed by atoms with Crippen molar-refractivity contribution >= 4 is 70.6 Å². The molecular formula is C40H48F3N9O9S2. The highest BCUT2D eigenvalue weighted by molar-refractivity contribution is 7.89. The molecule has 0 saturated carbocycles. The zero-order valence-electron chi connectivity index (χ0n) is 35.7.